The molecule has 18 heavy (non-hydrogen) atoms. The average Bonchev–Trinajstić information content (AvgIpc) is 2.38. The van der Waals surface area contributed by atoms with E-state index in [2.05, 4.69) is 16.0 Å². The molecule has 2 heterocycles. The Labute approximate surface area is 107 Å². The lowest BCUT2D eigenvalue weighted by Gasteiger charge is -2.34. The molecule has 0 aliphatic carbocycles. The summed E-state index contributed by atoms with van der Waals surface area (Å²) < 4.78 is 5.42. The van der Waals surface area contributed by atoms with Gasteiger partial charge in [0.1, 0.15) is 6.07 Å². The number of hydrogen-bond acceptors (Lipinski definition) is 5. The van der Waals surface area contributed by atoms with Crippen LogP contribution in [0.1, 0.15) is 17.0 Å². The number of ether oxygens (including phenoxy) is 1. The van der Waals surface area contributed by atoms with Crippen LogP contribution in [0.3, 0.4) is 0 Å². The lowest BCUT2D eigenvalue weighted by molar-refractivity contribution is 0.00354. The number of nitrogens with zero attached hydrogens (tertiary/aromatic N) is 3. The minimum absolute atomic E-state index is 0.00142. The fourth-order valence-electron chi connectivity index (χ4n) is 2.24. The molecule has 5 heteroatoms. The molecular weight excluding hydrogens is 230 g/mol. The van der Waals surface area contributed by atoms with E-state index in [0.717, 1.165) is 23.6 Å². The molecule has 1 unspecified atom stereocenters. The second-order valence-electron chi connectivity index (χ2n) is 4.48. The van der Waals surface area contributed by atoms with Crippen LogP contribution in [-0.2, 0) is 4.74 Å². The molecule has 1 aromatic heterocycles. The smallest absolute Gasteiger partial charge is 0.103 e. The van der Waals surface area contributed by atoms with Gasteiger partial charge in [-0.15, -0.1) is 0 Å². The molecule has 1 aliphatic heterocycles. The fraction of sp³-hybridized carbons (Fsp3) is 0.538. The number of morpholine rings is 1. The number of aliphatic hydroxyl groups is 1. The molecule has 96 valence electrons. The normalized spacial score (nSPS) is 19.7. The molecule has 0 aromatic carbocycles. The first-order chi connectivity index (χ1) is 8.65. The molecule has 5 nitrogen and oxygen atoms in total. The number of aromatic nitrogens is 1. The Balaban J connectivity index is 2.35. The maximum absolute atomic E-state index is 9.25. The van der Waals surface area contributed by atoms with Crippen molar-refractivity contribution in [1.29, 1.82) is 5.26 Å². The fourth-order valence-corrected chi connectivity index (χ4v) is 2.24. The third-order valence-corrected chi connectivity index (χ3v) is 3.10. The first-order valence-electron chi connectivity index (χ1n) is 6.01. The predicted molar refractivity (Wildman–Crippen MR) is 67.5 cm³/mol. The zero-order valence-corrected chi connectivity index (χ0v) is 10.7. The minimum Gasteiger partial charge on any atom is -0.394 e. The molecule has 0 amide bonds. The second-order valence-corrected chi connectivity index (χ2v) is 4.48. The monoisotopic (exact) mass is 247 g/mol. The van der Waals surface area contributed by atoms with Gasteiger partial charge in [0.15, 0.2) is 0 Å². The van der Waals surface area contributed by atoms with Gasteiger partial charge in [0.05, 0.1) is 36.3 Å². The van der Waals surface area contributed by atoms with Crippen LogP contribution in [-0.4, -0.2) is 42.5 Å². The van der Waals surface area contributed by atoms with Crippen LogP contribution < -0.4 is 4.90 Å². The van der Waals surface area contributed by atoms with E-state index < -0.39 is 0 Å². The maximum Gasteiger partial charge on any atom is 0.103 e. The Morgan fingerprint density at radius 2 is 2.39 bits per heavy atom. The van der Waals surface area contributed by atoms with E-state index in [9.17, 15) is 5.26 Å². The summed E-state index contributed by atoms with van der Waals surface area (Å²) in [6, 6.07) is 4.14. The number of anilines is 1. The Hall–Kier alpha value is -1.64. The number of hydrogen-bond donors (Lipinski definition) is 1. The summed E-state index contributed by atoms with van der Waals surface area (Å²) in [4.78, 5) is 6.40. The van der Waals surface area contributed by atoms with Crippen LogP contribution in [0.25, 0.3) is 0 Å². The summed E-state index contributed by atoms with van der Waals surface area (Å²) in [6.45, 7) is 5.67. The van der Waals surface area contributed by atoms with Crippen molar-refractivity contribution >= 4 is 5.69 Å². The van der Waals surface area contributed by atoms with Gasteiger partial charge in [-0.2, -0.15) is 5.26 Å². The minimum atomic E-state index is -0.181. The highest BCUT2D eigenvalue weighted by atomic mass is 16.5. The summed E-state index contributed by atoms with van der Waals surface area (Å²) in [5.74, 6) is 0. The Morgan fingerprint density at radius 3 is 3.06 bits per heavy atom. The van der Waals surface area contributed by atoms with Crippen molar-refractivity contribution in [3.05, 3.63) is 23.0 Å². The average molecular weight is 247 g/mol. The lowest BCUT2D eigenvalue weighted by atomic mass is 10.1. The van der Waals surface area contributed by atoms with E-state index in [-0.39, 0.29) is 12.7 Å². The summed E-state index contributed by atoms with van der Waals surface area (Å²) >= 11 is 0. The van der Waals surface area contributed by atoms with E-state index in [1.807, 2.05) is 19.9 Å². The van der Waals surface area contributed by atoms with Gasteiger partial charge in [-0.05, 0) is 19.9 Å². The van der Waals surface area contributed by atoms with Gasteiger partial charge in [0.25, 0.3) is 0 Å². The summed E-state index contributed by atoms with van der Waals surface area (Å²) in [7, 11) is 0. The van der Waals surface area contributed by atoms with Gasteiger partial charge in [-0.1, -0.05) is 0 Å². The van der Waals surface area contributed by atoms with E-state index in [0.29, 0.717) is 18.7 Å². The zero-order chi connectivity index (χ0) is 13.1. The molecule has 1 fully saturated rings. The highest BCUT2D eigenvalue weighted by Gasteiger charge is 2.23. The zero-order valence-electron chi connectivity index (χ0n) is 10.7. The number of rotatable bonds is 2. The van der Waals surface area contributed by atoms with Crippen molar-refractivity contribution in [1.82, 2.24) is 4.98 Å². The first-order valence-corrected chi connectivity index (χ1v) is 6.01. The van der Waals surface area contributed by atoms with E-state index in [4.69, 9.17) is 9.84 Å². The molecule has 0 bridgehead atoms. The Morgan fingerprint density at radius 1 is 1.61 bits per heavy atom. The Bertz CT molecular complexity index is 482. The quantitative estimate of drug-likeness (QED) is 0.836. The van der Waals surface area contributed by atoms with Gasteiger partial charge in [0, 0.05) is 18.8 Å². The van der Waals surface area contributed by atoms with E-state index in [1.165, 1.54) is 0 Å². The number of nitriles is 1. The molecule has 2 rings (SSSR count). The SMILES string of the molecule is Cc1cc(N2CCOC(CO)C2)c(C#N)c(C)n1. The second kappa shape index (κ2) is 5.34. The van der Waals surface area contributed by atoms with Gasteiger partial charge < -0.3 is 14.7 Å². The van der Waals surface area contributed by atoms with Crippen molar-refractivity contribution in [2.24, 2.45) is 0 Å². The highest BCUT2D eigenvalue weighted by Crippen LogP contribution is 2.25. The van der Waals surface area contributed by atoms with Gasteiger partial charge in [-0.25, -0.2) is 0 Å². The Kier molecular flexibility index (Phi) is 3.80. The molecule has 0 spiro atoms. The standard InChI is InChI=1S/C13H17N3O2/c1-9-5-13(12(6-14)10(2)15-9)16-3-4-18-11(7-16)8-17/h5,11,17H,3-4,7-8H2,1-2H3. The van der Waals surface area contributed by atoms with Crippen molar-refractivity contribution in [2.45, 2.75) is 20.0 Å². The number of pyridine rings is 1. The molecule has 1 saturated heterocycles. The van der Waals surface area contributed by atoms with Gasteiger partial charge >= 0.3 is 0 Å². The molecule has 0 radical (unpaired) electrons. The van der Waals surface area contributed by atoms with E-state index >= 15 is 0 Å². The van der Waals surface area contributed by atoms with Crippen LogP contribution in [0.15, 0.2) is 6.07 Å². The van der Waals surface area contributed by atoms with E-state index in [1.54, 1.807) is 0 Å². The summed E-state index contributed by atoms with van der Waals surface area (Å²) in [6.07, 6.45) is -0.181. The van der Waals surface area contributed by atoms with Crippen molar-refractivity contribution in [3.8, 4) is 6.07 Å². The van der Waals surface area contributed by atoms with Crippen LogP contribution in [0.2, 0.25) is 0 Å². The summed E-state index contributed by atoms with van der Waals surface area (Å²) in [5.41, 5.74) is 3.15. The number of aliphatic hydroxyl groups excluding tert-OH is 1. The van der Waals surface area contributed by atoms with Crippen molar-refractivity contribution in [2.75, 3.05) is 31.2 Å². The molecule has 1 atom stereocenters. The first kappa shape index (κ1) is 12.8. The van der Waals surface area contributed by atoms with Crippen LogP contribution >= 0.6 is 0 Å². The number of aryl methyl sites for hydroxylation is 2. The third kappa shape index (κ3) is 2.45. The van der Waals surface area contributed by atoms with Crippen molar-refractivity contribution < 1.29 is 9.84 Å². The molecule has 1 N–H and O–H groups in total. The highest BCUT2D eigenvalue weighted by molar-refractivity contribution is 5.61. The molecule has 1 aliphatic rings. The molecule has 1 aromatic rings. The summed E-state index contributed by atoms with van der Waals surface area (Å²) in [5, 5.41) is 18.4. The van der Waals surface area contributed by atoms with Gasteiger partial charge in [-0.3, -0.25) is 4.98 Å². The maximum atomic E-state index is 9.25. The van der Waals surface area contributed by atoms with Crippen LogP contribution in [0.4, 0.5) is 5.69 Å². The van der Waals surface area contributed by atoms with Crippen LogP contribution in [0.5, 0.6) is 0 Å². The largest absolute Gasteiger partial charge is 0.394 e. The van der Waals surface area contributed by atoms with Crippen molar-refractivity contribution in [3.63, 3.8) is 0 Å². The third-order valence-electron chi connectivity index (χ3n) is 3.10. The van der Waals surface area contributed by atoms with Gasteiger partial charge in [0.2, 0.25) is 0 Å². The molecule has 0 saturated carbocycles. The lowest BCUT2D eigenvalue weighted by Crippen LogP contribution is -2.44. The van der Waals surface area contributed by atoms with Crippen LogP contribution in [0, 0.1) is 25.2 Å². The topological polar surface area (TPSA) is 69.4 Å². The predicted octanol–water partition coefficient (Wildman–Crippen LogP) is 0.768. The molecular formula is C13H17N3O2.